The van der Waals surface area contributed by atoms with Crippen molar-refractivity contribution in [3.8, 4) is 5.75 Å². The summed E-state index contributed by atoms with van der Waals surface area (Å²) in [5.41, 5.74) is 1.08. The van der Waals surface area contributed by atoms with Crippen LogP contribution in [-0.4, -0.2) is 63.0 Å². The number of hydrogen-bond donors (Lipinski definition) is 3. The molecule has 3 N–H and O–H groups in total. The number of aliphatic hydroxyl groups excluding tert-OH is 1. The topological polar surface area (TPSA) is 108 Å². The van der Waals surface area contributed by atoms with Crippen LogP contribution in [0.3, 0.4) is 0 Å². The van der Waals surface area contributed by atoms with Gasteiger partial charge in [0.2, 0.25) is 17.7 Å². The first-order valence-corrected chi connectivity index (χ1v) is 14.7. The molecule has 0 aromatic heterocycles. The molecule has 208 valence electrons. The van der Waals surface area contributed by atoms with Crippen LogP contribution in [0.15, 0.2) is 48.5 Å². The minimum atomic E-state index is -0.850. The summed E-state index contributed by atoms with van der Waals surface area (Å²) >= 11 is 7.93. The van der Waals surface area contributed by atoms with Crippen molar-refractivity contribution in [2.75, 3.05) is 23.8 Å². The van der Waals surface area contributed by atoms with Crippen molar-refractivity contribution in [3.63, 3.8) is 0 Å². The van der Waals surface area contributed by atoms with Gasteiger partial charge in [-0.25, -0.2) is 0 Å². The number of nitrogens with zero attached hydrogens (tertiary/aromatic N) is 1. The number of anilines is 2. The molecular formula is C29H34ClN3O5S. The number of aliphatic hydroxyl groups is 1. The largest absolute Gasteiger partial charge is 0.494 e. The maximum Gasteiger partial charge on any atom is 0.248 e. The number of ether oxygens (including phenoxy) is 1. The fourth-order valence-electron chi connectivity index (χ4n) is 6.66. The van der Waals surface area contributed by atoms with Crippen LogP contribution in [0.25, 0.3) is 0 Å². The van der Waals surface area contributed by atoms with Crippen molar-refractivity contribution in [2.24, 2.45) is 17.8 Å². The van der Waals surface area contributed by atoms with Crippen LogP contribution in [0.5, 0.6) is 5.75 Å². The molecule has 5 rings (SSSR count). The number of rotatable bonds is 9. The molecule has 0 saturated carbocycles. The van der Waals surface area contributed by atoms with E-state index >= 15 is 0 Å². The Morgan fingerprint density at radius 3 is 2.51 bits per heavy atom. The fraction of sp³-hybridized carbons (Fsp3) is 0.483. The molecule has 1 spiro atoms. The second-order valence-electron chi connectivity index (χ2n) is 10.5. The lowest BCUT2D eigenvalue weighted by Gasteiger charge is -2.40. The summed E-state index contributed by atoms with van der Waals surface area (Å²) in [5.74, 6) is -1.37. The number of para-hydroxylation sites is 1. The van der Waals surface area contributed by atoms with E-state index in [0.717, 1.165) is 6.42 Å². The Bertz CT molecular complexity index is 1260. The normalized spacial score (nSPS) is 29.7. The van der Waals surface area contributed by atoms with Crippen LogP contribution in [0.2, 0.25) is 5.02 Å². The summed E-state index contributed by atoms with van der Waals surface area (Å²) in [4.78, 5) is 43.5. The third kappa shape index (κ3) is 4.58. The van der Waals surface area contributed by atoms with E-state index in [1.807, 2.05) is 13.8 Å². The summed E-state index contributed by atoms with van der Waals surface area (Å²) in [6, 6.07) is 12.7. The highest BCUT2D eigenvalue weighted by molar-refractivity contribution is 8.02. The van der Waals surface area contributed by atoms with Crippen LogP contribution in [0.1, 0.15) is 33.6 Å². The number of thioether (sulfide) groups is 1. The number of amides is 3. The molecule has 0 radical (unpaired) electrons. The van der Waals surface area contributed by atoms with Gasteiger partial charge in [-0.3, -0.25) is 14.4 Å². The molecule has 2 aromatic carbocycles. The summed E-state index contributed by atoms with van der Waals surface area (Å²) in [6.07, 6.45) is 1.20. The van der Waals surface area contributed by atoms with E-state index in [9.17, 15) is 19.5 Å². The summed E-state index contributed by atoms with van der Waals surface area (Å²) in [6.45, 7) is 6.13. The molecule has 3 amide bonds. The van der Waals surface area contributed by atoms with Gasteiger partial charge in [0.25, 0.3) is 0 Å². The van der Waals surface area contributed by atoms with Gasteiger partial charge in [0.05, 0.1) is 46.5 Å². The summed E-state index contributed by atoms with van der Waals surface area (Å²) in [5, 5.41) is 16.5. The standard InChI is InChI=1S/C29H34ClN3O5S/c1-4-18(15-34)33-25(27(36)32-21-9-7-6-8-20(21)30)29-16(3)14-22(39-29)23(24(29)28(33)37)26(35)31-17-10-12-19(13-11-17)38-5-2/h6-13,16,18,22-25,34H,4-5,14-15H2,1-3H3,(H,31,35)(H,32,36)/t16?,18-,22+,23-,24-,25?,29?/m0/s1. The SMILES string of the molecule is CCOc1ccc(NC(=O)[C@@H]2[C@H]3C(=O)N([C@@H](CC)CO)C(C(=O)Nc4ccccc4Cl)C34S[C@@H]2CC4C)cc1. The number of fused-ring (bicyclic) bond motifs is 1. The molecule has 10 heteroatoms. The van der Waals surface area contributed by atoms with Crippen molar-refractivity contribution >= 4 is 52.5 Å². The maximum atomic E-state index is 14.2. The predicted octanol–water partition coefficient (Wildman–Crippen LogP) is 4.42. The number of halogens is 1. The van der Waals surface area contributed by atoms with Crippen molar-refractivity contribution in [2.45, 2.75) is 55.7 Å². The molecule has 3 aliphatic rings. The summed E-state index contributed by atoms with van der Waals surface area (Å²) < 4.78 is 4.70. The Morgan fingerprint density at radius 1 is 1.15 bits per heavy atom. The van der Waals surface area contributed by atoms with Gasteiger partial charge in [-0.05, 0) is 62.1 Å². The molecule has 3 fully saturated rings. The van der Waals surface area contributed by atoms with Gasteiger partial charge < -0.3 is 25.4 Å². The number of nitrogens with one attached hydrogen (secondary N) is 2. The van der Waals surface area contributed by atoms with Gasteiger partial charge in [-0.2, -0.15) is 0 Å². The van der Waals surface area contributed by atoms with Gasteiger partial charge in [-0.15, -0.1) is 11.8 Å². The third-order valence-corrected chi connectivity index (χ3v) is 10.8. The fourth-order valence-corrected chi connectivity index (χ4v) is 9.25. The average Bonchev–Trinajstić information content (AvgIpc) is 3.51. The van der Waals surface area contributed by atoms with E-state index in [-0.39, 0.29) is 35.5 Å². The van der Waals surface area contributed by atoms with Gasteiger partial charge in [0.15, 0.2) is 0 Å². The molecule has 0 aliphatic carbocycles. The van der Waals surface area contributed by atoms with Gasteiger partial charge in [0, 0.05) is 10.9 Å². The lowest BCUT2D eigenvalue weighted by Crippen LogP contribution is -2.57. The first kappa shape index (κ1) is 27.8. The molecule has 7 atom stereocenters. The van der Waals surface area contributed by atoms with Crippen LogP contribution >= 0.6 is 23.4 Å². The van der Waals surface area contributed by atoms with Crippen molar-refractivity contribution in [1.29, 1.82) is 0 Å². The zero-order chi connectivity index (χ0) is 27.9. The zero-order valence-electron chi connectivity index (χ0n) is 22.2. The third-order valence-electron chi connectivity index (χ3n) is 8.37. The average molecular weight is 572 g/mol. The first-order chi connectivity index (χ1) is 18.8. The predicted molar refractivity (Wildman–Crippen MR) is 153 cm³/mol. The Labute approximate surface area is 237 Å². The maximum absolute atomic E-state index is 14.2. The highest BCUT2D eigenvalue weighted by Gasteiger charge is 2.76. The quantitative estimate of drug-likeness (QED) is 0.411. The van der Waals surface area contributed by atoms with E-state index in [1.54, 1.807) is 65.2 Å². The number of carbonyl (C=O) groups is 3. The first-order valence-electron chi connectivity index (χ1n) is 13.5. The highest BCUT2D eigenvalue weighted by atomic mass is 35.5. The molecule has 3 heterocycles. The molecule has 3 aliphatic heterocycles. The lowest BCUT2D eigenvalue weighted by molar-refractivity contribution is -0.141. The Balaban J connectivity index is 1.49. The van der Waals surface area contributed by atoms with Gasteiger partial charge in [0.1, 0.15) is 11.8 Å². The van der Waals surface area contributed by atoms with E-state index in [1.165, 1.54) is 0 Å². The molecule has 8 nitrogen and oxygen atoms in total. The van der Waals surface area contributed by atoms with Gasteiger partial charge in [-0.1, -0.05) is 37.6 Å². The van der Waals surface area contributed by atoms with Crippen LogP contribution in [-0.2, 0) is 14.4 Å². The Kier molecular flexibility index (Phi) is 7.86. The smallest absolute Gasteiger partial charge is 0.248 e. The van der Waals surface area contributed by atoms with E-state index in [0.29, 0.717) is 35.2 Å². The molecule has 2 aromatic rings. The summed E-state index contributed by atoms with van der Waals surface area (Å²) in [7, 11) is 0. The lowest BCUT2D eigenvalue weighted by atomic mass is 9.66. The van der Waals surface area contributed by atoms with Crippen LogP contribution in [0, 0.1) is 17.8 Å². The molecule has 39 heavy (non-hydrogen) atoms. The van der Waals surface area contributed by atoms with E-state index in [4.69, 9.17) is 16.3 Å². The number of hydrogen-bond acceptors (Lipinski definition) is 6. The van der Waals surface area contributed by atoms with E-state index < -0.39 is 28.7 Å². The number of carbonyl (C=O) groups excluding carboxylic acids is 3. The minimum Gasteiger partial charge on any atom is -0.494 e. The van der Waals surface area contributed by atoms with E-state index in [2.05, 4.69) is 17.6 Å². The van der Waals surface area contributed by atoms with Gasteiger partial charge >= 0.3 is 0 Å². The van der Waals surface area contributed by atoms with Crippen molar-refractivity contribution < 1.29 is 24.2 Å². The van der Waals surface area contributed by atoms with Crippen LogP contribution in [0.4, 0.5) is 11.4 Å². The number of likely N-dealkylation sites (tertiary alicyclic amines) is 1. The monoisotopic (exact) mass is 571 g/mol. The van der Waals surface area contributed by atoms with Crippen molar-refractivity contribution in [3.05, 3.63) is 53.6 Å². The van der Waals surface area contributed by atoms with Crippen molar-refractivity contribution in [1.82, 2.24) is 4.90 Å². The minimum absolute atomic E-state index is 0.0131. The Morgan fingerprint density at radius 2 is 1.87 bits per heavy atom. The second kappa shape index (κ2) is 11.0. The molecule has 3 unspecified atom stereocenters. The zero-order valence-corrected chi connectivity index (χ0v) is 23.8. The molecule has 3 saturated heterocycles. The molecule has 2 bridgehead atoms. The van der Waals surface area contributed by atoms with Crippen LogP contribution < -0.4 is 15.4 Å². The number of benzene rings is 2. The second-order valence-corrected chi connectivity index (χ2v) is 12.4. The molecular weight excluding hydrogens is 538 g/mol. The Hall–Kier alpha value is -2.75. The highest BCUT2D eigenvalue weighted by Crippen LogP contribution is 2.69.